The van der Waals surface area contributed by atoms with Crippen LogP contribution in [-0.4, -0.2) is 87.1 Å². The lowest BCUT2D eigenvalue weighted by atomic mass is 9.70. The van der Waals surface area contributed by atoms with Crippen LogP contribution in [0.1, 0.15) is 47.5 Å². The number of carbonyl (C=O) groups excluding carboxylic acids is 3. The summed E-state index contributed by atoms with van der Waals surface area (Å²) in [6, 6.07) is 6.01. The summed E-state index contributed by atoms with van der Waals surface area (Å²) in [5.74, 6) is -1.03. The average Bonchev–Trinajstić information content (AvgIpc) is 3.58. The molecule has 3 saturated heterocycles. The van der Waals surface area contributed by atoms with Crippen molar-refractivity contribution in [2.24, 2.45) is 17.8 Å². The maximum Gasteiger partial charge on any atom is 0.247 e. The van der Waals surface area contributed by atoms with E-state index in [0.29, 0.717) is 31.8 Å². The monoisotopic (exact) mass is 583 g/mol. The summed E-state index contributed by atoms with van der Waals surface area (Å²) in [5.41, 5.74) is 0.711. The topological polar surface area (TPSA) is 90.4 Å². The van der Waals surface area contributed by atoms with Crippen LogP contribution in [0.15, 0.2) is 49.6 Å². The van der Waals surface area contributed by atoms with Crippen LogP contribution in [0, 0.1) is 17.8 Å². The number of rotatable bonds is 13. The lowest BCUT2D eigenvalue weighted by molar-refractivity contribution is -0.147. The molecule has 3 aliphatic rings. The van der Waals surface area contributed by atoms with Crippen molar-refractivity contribution >= 4 is 35.2 Å². The van der Waals surface area contributed by atoms with Crippen molar-refractivity contribution in [1.29, 1.82) is 0 Å². The Bertz CT molecular complexity index is 1150. The zero-order chi connectivity index (χ0) is 30.1. The van der Waals surface area contributed by atoms with Crippen LogP contribution >= 0.6 is 11.8 Å². The number of nitrogens with zero attached hydrogens (tertiary/aromatic N) is 3. The van der Waals surface area contributed by atoms with E-state index in [0.717, 1.165) is 12.2 Å². The Morgan fingerprint density at radius 3 is 2.34 bits per heavy atom. The molecule has 224 valence electrons. The van der Waals surface area contributed by atoms with Gasteiger partial charge in [-0.05, 0) is 63.8 Å². The van der Waals surface area contributed by atoms with Gasteiger partial charge in [0.2, 0.25) is 17.7 Å². The van der Waals surface area contributed by atoms with E-state index in [-0.39, 0.29) is 41.5 Å². The van der Waals surface area contributed by atoms with Crippen molar-refractivity contribution in [2.45, 2.75) is 75.6 Å². The number of aliphatic hydroxyl groups excluding tert-OH is 1. The molecule has 0 aromatic heterocycles. The van der Waals surface area contributed by atoms with Gasteiger partial charge in [0.25, 0.3) is 0 Å². The Labute approximate surface area is 248 Å². The van der Waals surface area contributed by atoms with Crippen molar-refractivity contribution in [3.63, 3.8) is 0 Å². The second-order valence-electron chi connectivity index (χ2n) is 11.8. The highest BCUT2D eigenvalue weighted by molar-refractivity contribution is 8.02. The quantitative estimate of drug-likeness (QED) is 0.351. The highest BCUT2D eigenvalue weighted by atomic mass is 32.2. The van der Waals surface area contributed by atoms with E-state index in [9.17, 15) is 19.5 Å². The summed E-state index contributed by atoms with van der Waals surface area (Å²) < 4.78 is 4.86. The fourth-order valence-corrected chi connectivity index (χ4v) is 9.19. The third-order valence-corrected chi connectivity index (χ3v) is 10.8. The van der Waals surface area contributed by atoms with Crippen LogP contribution in [0.5, 0.6) is 5.75 Å². The largest absolute Gasteiger partial charge is 0.494 e. The highest BCUT2D eigenvalue weighted by Crippen LogP contribution is 2.67. The fraction of sp³-hybridized carbons (Fsp3) is 0.594. The molecule has 2 bridgehead atoms. The summed E-state index contributed by atoms with van der Waals surface area (Å²) in [4.78, 5) is 48.4. The Morgan fingerprint density at radius 2 is 1.80 bits per heavy atom. The summed E-state index contributed by atoms with van der Waals surface area (Å²) >= 11 is 1.65. The first kappa shape index (κ1) is 31.2. The van der Waals surface area contributed by atoms with Crippen LogP contribution in [0.2, 0.25) is 0 Å². The van der Waals surface area contributed by atoms with Gasteiger partial charge in [-0.25, -0.2) is 0 Å². The predicted octanol–water partition coefficient (Wildman–Crippen LogP) is 4.14. The van der Waals surface area contributed by atoms with Crippen molar-refractivity contribution in [3.8, 4) is 5.75 Å². The van der Waals surface area contributed by atoms with E-state index in [1.54, 1.807) is 38.6 Å². The van der Waals surface area contributed by atoms with Gasteiger partial charge in [-0.3, -0.25) is 14.4 Å². The van der Waals surface area contributed by atoms with Gasteiger partial charge < -0.3 is 24.5 Å². The summed E-state index contributed by atoms with van der Waals surface area (Å²) in [5, 5.41) is 10.4. The molecule has 41 heavy (non-hydrogen) atoms. The third kappa shape index (κ3) is 5.31. The van der Waals surface area contributed by atoms with Gasteiger partial charge in [0.1, 0.15) is 11.8 Å². The van der Waals surface area contributed by atoms with Crippen molar-refractivity contribution in [1.82, 2.24) is 9.80 Å². The molecule has 1 spiro atoms. The van der Waals surface area contributed by atoms with Gasteiger partial charge in [0, 0.05) is 30.1 Å². The molecular formula is C32H45N3O5S. The smallest absolute Gasteiger partial charge is 0.247 e. The molecule has 9 heteroatoms. The molecule has 0 radical (unpaired) electrons. The number of aliphatic hydroxyl groups is 1. The van der Waals surface area contributed by atoms with Crippen LogP contribution in [-0.2, 0) is 14.4 Å². The number of amides is 3. The van der Waals surface area contributed by atoms with E-state index in [4.69, 9.17) is 4.74 Å². The third-order valence-electron chi connectivity index (χ3n) is 8.84. The van der Waals surface area contributed by atoms with E-state index in [2.05, 4.69) is 13.2 Å². The van der Waals surface area contributed by atoms with Gasteiger partial charge in [-0.1, -0.05) is 26.0 Å². The SMILES string of the molecule is C=CCN(C(=O)[C@@H]1[C@H]2C(=O)N([C@@H](CO)C(C)C)C(C(=O)N(CC=C)C(C)C)C23CC[C@H]1S3)c1ccc(OCC)cc1. The molecule has 0 saturated carbocycles. The number of carbonyl (C=O) groups is 3. The van der Waals surface area contributed by atoms with E-state index in [1.807, 2.05) is 58.9 Å². The Hall–Kier alpha value is -2.78. The van der Waals surface area contributed by atoms with E-state index < -0.39 is 28.7 Å². The Morgan fingerprint density at radius 1 is 1.15 bits per heavy atom. The highest BCUT2D eigenvalue weighted by Gasteiger charge is 2.74. The number of likely N-dealkylation sites (tertiary alicyclic amines) is 1. The summed E-state index contributed by atoms with van der Waals surface area (Å²) in [7, 11) is 0. The molecule has 8 nitrogen and oxygen atoms in total. The van der Waals surface area contributed by atoms with Crippen LogP contribution in [0.4, 0.5) is 5.69 Å². The first-order chi connectivity index (χ1) is 19.6. The van der Waals surface area contributed by atoms with Gasteiger partial charge in [0.05, 0.1) is 35.8 Å². The number of benzene rings is 1. The minimum Gasteiger partial charge on any atom is -0.494 e. The van der Waals surface area contributed by atoms with Gasteiger partial charge >= 0.3 is 0 Å². The lowest BCUT2D eigenvalue weighted by Crippen LogP contribution is -2.59. The fourth-order valence-electron chi connectivity index (χ4n) is 7.00. The van der Waals surface area contributed by atoms with Gasteiger partial charge in [-0.15, -0.1) is 24.9 Å². The number of ether oxygens (including phenoxy) is 1. The molecule has 1 N–H and O–H groups in total. The molecular weight excluding hydrogens is 538 g/mol. The molecule has 3 amide bonds. The van der Waals surface area contributed by atoms with Crippen molar-refractivity contribution < 1.29 is 24.2 Å². The lowest BCUT2D eigenvalue weighted by Gasteiger charge is -2.41. The second kappa shape index (κ2) is 12.6. The first-order valence-corrected chi connectivity index (χ1v) is 15.6. The number of hydrogen-bond donors (Lipinski definition) is 1. The van der Waals surface area contributed by atoms with E-state index in [1.165, 1.54) is 0 Å². The number of anilines is 1. The van der Waals surface area contributed by atoms with Crippen molar-refractivity contribution in [2.75, 3.05) is 31.2 Å². The summed E-state index contributed by atoms with van der Waals surface area (Å²) in [6.07, 6.45) is 4.82. The summed E-state index contributed by atoms with van der Waals surface area (Å²) in [6.45, 7) is 18.4. The molecule has 3 fully saturated rings. The molecule has 1 aromatic carbocycles. The molecule has 0 aliphatic carbocycles. The van der Waals surface area contributed by atoms with Gasteiger partial charge in [0.15, 0.2) is 0 Å². The molecule has 1 aromatic rings. The number of hydrogen-bond acceptors (Lipinski definition) is 6. The normalized spacial score (nSPS) is 27.2. The molecule has 6 atom stereocenters. The maximum absolute atomic E-state index is 14.5. The minimum absolute atomic E-state index is 0.0672. The zero-order valence-electron chi connectivity index (χ0n) is 25.0. The molecule has 3 heterocycles. The second-order valence-corrected chi connectivity index (χ2v) is 13.4. The number of thioether (sulfide) groups is 1. The zero-order valence-corrected chi connectivity index (χ0v) is 25.8. The standard InChI is InChI=1S/C32H45N3O5S/c1-8-17-33(21(6)7)31(39)28-32-16-15-25(41-32)26(27(32)30(38)35(28)24(19-36)20(4)5)29(37)34(18-9-2)22-11-13-23(14-12-22)40-10-3/h8-9,11-14,20-21,24-28,36H,1-2,10,15-19H2,3-7H3/t24-,25+,26-,27-,28?,32?/m0/s1. The molecule has 4 rings (SSSR count). The molecule has 3 aliphatic heterocycles. The predicted molar refractivity (Wildman–Crippen MR) is 164 cm³/mol. The van der Waals surface area contributed by atoms with Crippen LogP contribution < -0.4 is 9.64 Å². The number of fused-ring (bicyclic) bond motifs is 1. The average molecular weight is 584 g/mol. The minimum atomic E-state index is -0.756. The Balaban J connectivity index is 1.78. The maximum atomic E-state index is 14.5. The first-order valence-electron chi connectivity index (χ1n) is 14.7. The van der Waals surface area contributed by atoms with Crippen molar-refractivity contribution in [3.05, 3.63) is 49.6 Å². The van der Waals surface area contributed by atoms with Crippen LogP contribution in [0.25, 0.3) is 0 Å². The molecule has 2 unspecified atom stereocenters. The van der Waals surface area contributed by atoms with Crippen LogP contribution in [0.3, 0.4) is 0 Å². The Kier molecular flexibility index (Phi) is 9.59. The van der Waals surface area contributed by atoms with Gasteiger partial charge in [-0.2, -0.15) is 0 Å². The van der Waals surface area contributed by atoms with E-state index >= 15 is 0 Å².